The van der Waals surface area contributed by atoms with Gasteiger partial charge in [-0.15, -0.1) is 0 Å². The molecule has 0 spiro atoms. The van der Waals surface area contributed by atoms with E-state index in [0.29, 0.717) is 6.61 Å². The molecule has 0 saturated heterocycles. The summed E-state index contributed by atoms with van der Waals surface area (Å²) in [6, 6.07) is 5.91. The van der Waals surface area contributed by atoms with Gasteiger partial charge in [0.05, 0.1) is 6.61 Å². The maximum atomic E-state index is 5.89. The van der Waals surface area contributed by atoms with Crippen LogP contribution in [-0.2, 0) is 13.5 Å². The molecule has 4 heteroatoms. The highest BCUT2D eigenvalue weighted by Gasteiger charge is 2.07. The van der Waals surface area contributed by atoms with Gasteiger partial charge in [-0.3, -0.25) is 4.68 Å². The van der Waals surface area contributed by atoms with Crippen molar-refractivity contribution in [3.8, 4) is 5.75 Å². The van der Waals surface area contributed by atoms with E-state index in [2.05, 4.69) is 5.10 Å². The fourth-order valence-electron chi connectivity index (χ4n) is 1.97. The molecule has 2 N–H and O–H groups in total. The zero-order valence-corrected chi connectivity index (χ0v) is 11.1. The fraction of sp³-hybridized carbons (Fsp3) is 0.357. The smallest absolute Gasteiger partial charge is 0.127 e. The summed E-state index contributed by atoms with van der Waals surface area (Å²) in [6.45, 7) is 4.65. The number of ether oxygens (including phenoxy) is 1. The largest absolute Gasteiger partial charge is 0.493 e. The van der Waals surface area contributed by atoms with Crippen molar-refractivity contribution in [1.29, 1.82) is 0 Å². The standard InChI is InChI=1S/C14H19N3O/c1-10-4-5-13(15)11(2)14(10)18-9-7-12-6-8-16-17(12)3/h4-6,8H,7,9,15H2,1-3H3. The van der Waals surface area contributed by atoms with E-state index in [1.54, 1.807) is 6.20 Å². The van der Waals surface area contributed by atoms with E-state index >= 15 is 0 Å². The number of aromatic nitrogens is 2. The van der Waals surface area contributed by atoms with Gasteiger partial charge in [0.15, 0.2) is 0 Å². The summed E-state index contributed by atoms with van der Waals surface area (Å²) < 4.78 is 7.72. The molecule has 18 heavy (non-hydrogen) atoms. The Hall–Kier alpha value is -1.97. The zero-order chi connectivity index (χ0) is 13.1. The predicted octanol–water partition coefficient (Wildman–Crippen LogP) is 2.24. The van der Waals surface area contributed by atoms with Crippen molar-refractivity contribution >= 4 is 5.69 Å². The first kappa shape index (κ1) is 12.5. The van der Waals surface area contributed by atoms with Gasteiger partial charge in [-0.05, 0) is 31.5 Å². The van der Waals surface area contributed by atoms with Gasteiger partial charge in [-0.1, -0.05) is 6.07 Å². The van der Waals surface area contributed by atoms with Gasteiger partial charge in [0.25, 0.3) is 0 Å². The lowest BCUT2D eigenvalue weighted by Crippen LogP contribution is -2.08. The van der Waals surface area contributed by atoms with Crippen molar-refractivity contribution in [3.63, 3.8) is 0 Å². The Morgan fingerprint density at radius 2 is 2.06 bits per heavy atom. The Morgan fingerprint density at radius 3 is 2.72 bits per heavy atom. The molecular weight excluding hydrogens is 226 g/mol. The summed E-state index contributed by atoms with van der Waals surface area (Å²) in [7, 11) is 1.94. The first-order valence-electron chi connectivity index (χ1n) is 6.05. The van der Waals surface area contributed by atoms with Crippen LogP contribution in [0.2, 0.25) is 0 Å². The van der Waals surface area contributed by atoms with Crippen LogP contribution >= 0.6 is 0 Å². The van der Waals surface area contributed by atoms with Crippen LogP contribution in [0.5, 0.6) is 5.75 Å². The van der Waals surface area contributed by atoms with Gasteiger partial charge in [0.2, 0.25) is 0 Å². The lowest BCUT2D eigenvalue weighted by Gasteiger charge is -2.13. The van der Waals surface area contributed by atoms with Gasteiger partial charge in [-0.2, -0.15) is 5.10 Å². The number of anilines is 1. The van der Waals surface area contributed by atoms with Crippen molar-refractivity contribution in [2.45, 2.75) is 20.3 Å². The Bertz CT molecular complexity index is 546. The predicted molar refractivity (Wildman–Crippen MR) is 72.7 cm³/mol. The van der Waals surface area contributed by atoms with E-state index in [0.717, 1.165) is 34.7 Å². The molecule has 0 saturated carbocycles. The summed E-state index contributed by atoms with van der Waals surface area (Å²) in [4.78, 5) is 0. The average molecular weight is 245 g/mol. The minimum atomic E-state index is 0.630. The van der Waals surface area contributed by atoms with Crippen LogP contribution in [0, 0.1) is 13.8 Å². The van der Waals surface area contributed by atoms with Gasteiger partial charge < -0.3 is 10.5 Å². The van der Waals surface area contributed by atoms with E-state index in [4.69, 9.17) is 10.5 Å². The first-order chi connectivity index (χ1) is 8.59. The third-order valence-corrected chi connectivity index (χ3v) is 3.17. The third-order valence-electron chi connectivity index (χ3n) is 3.17. The molecule has 0 bridgehead atoms. The first-order valence-corrected chi connectivity index (χ1v) is 6.05. The van der Waals surface area contributed by atoms with Crippen molar-refractivity contribution in [3.05, 3.63) is 41.2 Å². The molecule has 1 heterocycles. The average Bonchev–Trinajstić information content (AvgIpc) is 2.74. The second kappa shape index (κ2) is 5.12. The molecule has 1 aromatic heterocycles. The molecule has 0 fully saturated rings. The molecule has 96 valence electrons. The maximum absolute atomic E-state index is 5.89. The number of nitrogens with two attached hydrogens (primary N) is 1. The summed E-state index contributed by atoms with van der Waals surface area (Å²) >= 11 is 0. The topological polar surface area (TPSA) is 53.1 Å². The van der Waals surface area contributed by atoms with Crippen LogP contribution < -0.4 is 10.5 Å². The highest BCUT2D eigenvalue weighted by Crippen LogP contribution is 2.27. The van der Waals surface area contributed by atoms with Crippen molar-refractivity contribution in [1.82, 2.24) is 9.78 Å². The van der Waals surface area contributed by atoms with Crippen LogP contribution in [0.1, 0.15) is 16.8 Å². The zero-order valence-electron chi connectivity index (χ0n) is 11.1. The molecule has 0 aliphatic rings. The molecule has 0 radical (unpaired) electrons. The molecular formula is C14H19N3O. The van der Waals surface area contributed by atoms with E-state index in [-0.39, 0.29) is 0 Å². The summed E-state index contributed by atoms with van der Waals surface area (Å²) in [5, 5.41) is 4.13. The second-order valence-electron chi connectivity index (χ2n) is 4.47. The van der Waals surface area contributed by atoms with Crippen molar-refractivity contribution < 1.29 is 4.74 Å². The maximum Gasteiger partial charge on any atom is 0.127 e. The summed E-state index contributed by atoms with van der Waals surface area (Å²) in [5.41, 5.74) is 9.95. The van der Waals surface area contributed by atoms with Crippen LogP contribution in [-0.4, -0.2) is 16.4 Å². The fourth-order valence-corrected chi connectivity index (χ4v) is 1.97. The lowest BCUT2D eigenvalue weighted by atomic mass is 10.1. The molecule has 2 rings (SSSR count). The van der Waals surface area contributed by atoms with Gasteiger partial charge >= 0.3 is 0 Å². The van der Waals surface area contributed by atoms with Gasteiger partial charge in [-0.25, -0.2) is 0 Å². The van der Waals surface area contributed by atoms with Crippen molar-refractivity contribution in [2.75, 3.05) is 12.3 Å². The van der Waals surface area contributed by atoms with E-state index in [1.165, 1.54) is 0 Å². The summed E-state index contributed by atoms with van der Waals surface area (Å²) in [5.74, 6) is 0.900. The molecule has 4 nitrogen and oxygen atoms in total. The number of benzene rings is 1. The number of rotatable bonds is 4. The quantitative estimate of drug-likeness (QED) is 0.840. The van der Waals surface area contributed by atoms with Crippen LogP contribution in [0.15, 0.2) is 24.4 Å². The van der Waals surface area contributed by atoms with Crippen LogP contribution in [0.3, 0.4) is 0 Å². The highest BCUT2D eigenvalue weighted by atomic mass is 16.5. The molecule has 2 aromatic rings. The number of nitrogen functional groups attached to an aromatic ring is 1. The van der Waals surface area contributed by atoms with E-state index < -0.39 is 0 Å². The van der Waals surface area contributed by atoms with Crippen molar-refractivity contribution in [2.24, 2.45) is 7.05 Å². The Balaban J connectivity index is 2.03. The SMILES string of the molecule is Cc1ccc(N)c(C)c1OCCc1ccnn1C. The Labute approximate surface area is 107 Å². The Morgan fingerprint density at radius 1 is 1.28 bits per heavy atom. The lowest BCUT2D eigenvalue weighted by molar-refractivity contribution is 0.314. The molecule has 0 unspecified atom stereocenters. The Kier molecular flexibility index (Phi) is 3.55. The normalized spacial score (nSPS) is 10.6. The molecule has 0 aliphatic carbocycles. The van der Waals surface area contributed by atoms with E-state index in [9.17, 15) is 0 Å². The monoisotopic (exact) mass is 245 g/mol. The van der Waals surface area contributed by atoms with Crippen LogP contribution in [0.4, 0.5) is 5.69 Å². The second-order valence-corrected chi connectivity index (χ2v) is 4.47. The molecule has 1 aromatic carbocycles. The summed E-state index contributed by atoms with van der Waals surface area (Å²) in [6.07, 6.45) is 2.64. The number of hydrogen-bond acceptors (Lipinski definition) is 3. The third kappa shape index (κ3) is 2.47. The molecule has 0 aliphatic heterocycles. The molecule has 0 atom stereocenters. The number of aryl methyl sites for hydroxylation is 2. The number of nitrogens with zero attached hydrogens (tertiary/aromatic N) is 2. The number of hydrogen-bond donors (Lipinski definition) is 1. The highest BCUT2D eigenvalue weighted by molar-refractivity contribution is 5.56. The molecule has 0 amide bonds. The van der Waals surface area contributed by atoms with Gasteiger partial charge in [0.1, 0.15) is 5.75 Å². The van der Waals surface area contributed by atoms with Crippen LogP contribution in [0.25, 0.3) is 0 Å². The van der Waals surface area contributed by atoms with Gasteiger partial charge in [0, 0.05) is 36.6 Å². The minimum Gasteiger partial charge on any atom is -0.493 e. The minimum absolute atomic E-state index is 0.630. The van der Waals surface area contributed by atoms with E-state index in [1.807, 2.05) is 43.8 Å².